The van der Waals surface area contributed by atoms with Gasteiger partial charge in [-0.15, -0.1) is 11.8 Å². The Morgan fingerprint density at radius 1 is 0.470 bits per heavy atom. The van der Waals surface area contributed by atoms with Gasteiger partial charge in [0, 0.05) is 62.6 Å². The maximum absolute atomic E-state index is 15.7. The number of primary amides is 2. The van der Waals surface area contributed by atoms with Crippen LogP contribution in [0, 0.1) is 23.7 Å². The number of aromatic amines is 1. The van der Waals surface area contributed by atoms with E-state index in [0.717, 1.165) is 40.2 Å². The van der Waals surface area contributed by atoms with E-state index >= 15 is 33.6 Å². The van der Waals surface area contributed by atoms with E-state index in [0.29, 0.717) is 57.8 Å². The predicted octanol–water partition coefficient (Wildman–Crippen LogP) is -0.0468. The third-order valence-corrected chi connectivity index (χ3v) is 24.1. The van der Waals surface area contributed by atoms with E-state index in [-0.39, 0.29) is 49.7 Å². The fourth-order valence-corrected chi connectivity index (χ4v) is 16.4. The number of benzene rings is 5. The molecule has 40 heteroatoms. The van der Waals surface area contributed by atoms with Crippen LogP contribution in [0.15, 0.2) is 140 Å². The van der Waals surface area contributed by atoms with Gasteiger partial charge in [0.2, 0.25) is 100 Å². The van der Waals surface area contributed by atoms with E-state index in [1.807, 2.05) is 42.5 Å². The first-order valence-corrected chi connectivity index (χ1v) is 45.7. The molecule has 13 atom stereocenters. The summed E-state index contributed by atoms with van der Waals surface area (Å²) in [4.78, 5) is 264. The summed E-state index contributed by atoms with van der Waals surface area (Å²) in [6, 6.07) is 15.8. The molecule has 2 aliphatic rings. The van der Waals surface area contributed by atoms with Crippen molar-refractivity contribution in [3.05, 3.63) is 162 Å². The van der Waals surface area contributed by atoms with E-state index < -0.39 is 247 Å². The first kappa shape index (κ1) is 106. The zero-order chi connectivity index (χ0) is 98.2. The van der Waals surface area contributed by atoms with Gasteiger partial charge >= 0.3 is 5.97 Å². The number of likely N-dealkylation sites (N-methyl/N-ethyl adjacent to an activating group) is 2. The number of phenols is 1. The third-order valence-electron chi connectivity index (χ3n) is 23.1. The van der Waals surface area contributed by atoms with Crippen molar-refractivity contribution >= 4 is 129 Å². The van der Waals surface area contributed by atoms with Crippen molar-refractivity contribution < 1.29 is 102 Å². The maximum atomic E-state index is 15.7. The Morgan fingerprint density at radius 3 is 1.49 bits per heavy atom. The van der Waals surface area contributed by atoms with E-state index in [4.69, 9.17) is 11.5 Å². The van der Waals surface area contributed by atoms with E-state index in [1.165, 1.54) is 59.1 Å². The lowest BCUT2D eigenvalue weighted by Crippen LogP contribution is -2.61. The molecule has 2 heterocycles. The minimum absolute atomic E-state index is 0.00832. The number of H-pyrrole nitrogens is 1. The van der Waals surface area contributed by atoms with Crippen molar-refractivity contribution in [3.8, 4) is 16.9 Å². The number of para-hydroxylation sites is 1. The summed E-state index contributed by atoms with van der Waals surface area (Å²) in [7, 11) is 2.49. The van der Waals surface area contributed by atoms with Gasteiger partial charge in [-0.25, -0.2) is 0 Å². The van der Waals surface area contributed by atoms with E-state index in [1.54, 1.807) is 101 Å². The number of nitrogens with zero attached hydrogens (tertiary/aromatic N) is 2. The van der Waals surface area contributed by atoms with Gasteiger partial charge in [0.05, 0.1) is 38.3 Å². The number of carbonyl (C=O) groups is 18. The van der Waals surface area contributed by atoms with Crippen molar-refractivity contribution in [3.63, 3.8) is 0 Å². The summed E-state index contributed by atoms with van der Waals surface area (Å²) in [6.45, 7) is 8.29. The third kappa shape index (κ3) is 32.6. The van der Waals surface area contributed by atoms with Crippen molar-refractivity contribution in [2.75, 3.05) is 45.3 Å². The number of nitrogens with two attached hydrogens (primary N) is 2. The topological polar surface area (TPSA) is 599 Å². The molecule has 134 heavy (non-hydrogen) atoms. The van der Waals surface area contributed by atoms with Crippen LogP contribution >= 0.6 is 11.8 Å². The quantitative estimate of drug-likeness (QED) is 0.0400. The normalized spacial score (nSPS) is 23.5. The number of rotatable bonds is 23. The average Bonchev–Trinajstić information content (AvgIpc) is 1.61. The number of hydrogen-bond donors (Lipinski definition) is 19. The van der Waals surface area contributed by atoms with Gasteiger partial charge in [0.1, 0.15) is 84.3 Å². The molecule has 1 aliphatic heterocycles. The number of carbonyl (C=O) groups excluding carboxylic acids is 17. The highest BCUT2D eigenvalue weighted by Crippen LogP contribution is 2.29. The van der Waals surface area contributed by atoms with Gasteiger partial charge in [0.15, 0.2) is 0 Å². The van der Waals surface area contributed by atoms with Crippen molar-refractivity contribution in [1.29, 1.82) is 0 Å². The first-order chi connectivity index (χ1) is 63.6. The monoisotopic (exact) mass is 1870 g/mol. The van der Waals surface area contributed by atoms with Gasteiger partial charge in [-0.05, 0) is 95.0 Å². The molecular weight excluding hydrogens is 1750 g/mol. The molecule has 39 nitrogen and oxygen atoms in total. The molecule has 0 bridgehead atoms. The van der Waals surface area contributed by atoms with Crippen molar-refractivity contribution in [2.24, 2.45) is 35.1 Å². The smallest absolute Gasteiger partial charge is 0.305 e. The highest BCUT2D eigenvalue weighted by Gasteiger charge is 2.41. The lowest BCUT2D eigenvalue weighted by molar-refractivity contribution is -0.147. The summed E-state index contributed by atoms with van der Waals surface area (Å²) in [6.07, 6.45) is 1.90. The van der Waals surface area contributed by atoms with Crippen LogP contribution in [0.1, 0.15) is 129 Å². The fraction of sp³-hybridized carbons (Fsp3) is 0.468. The Labute approximate surface area is 780 Å². The Bertz CT molecular complexity index is 5130. The second-order valence-electron chi connectivity index (χ2n) is 34.9. The molecule has 21 N–H and O–H groups in total. The number of carboxylic acids is 1. The van der Waals surface area contributed by atoms with E-state index in [9.17, 15) is 68.1 Å². The van der Waals surface area contributed by atoms with Crippen molar-refractivity contribution in [2.45, 2.75) is 210 Å². The number of fused-ring (bicyclic) bond motifs is 1. The number of aromatic nitrogens is 1. The first-order valence-electron chi connectivity index (χ1n) is 44.6. The van der Waals surface area contributed by atoms with Crippen LogP contribution in [0.4, 0.5) is 0 Å². The molecule has 0 unspecified atom stereocenters. The molecule has 722 valence electrons. The zero-order valence-electron chi connectivity index (χ0n) is 76.5. The minimum Gasteiger partial charge on any atom is -0.508 e. The van der Waals surface area contributed by atoms with Crippen LogP contribution < -0.4 is 80.6 Å². The molecule has 5 aromatic carbocycles. The van der Waals surface area contributed by atoms with Crippen LogP contribution in [-0.2, 0) is 112 Å². The van der Waals surface area contributed by atoms with E-state index in [2.05, 4.69) is 74.1 Å². The second-order valence-corrected chi connectivity index (χ2v) is 36.0. The van der Waals surface area contributed by atoms with Gasteiger partial charge in [0.25, 0.3) is 0 Å². The lowest BCUT2D eigenvalue weighted by atomic mass is 9.84. The molecule has 17 amide bonds. The molecule has 6 aromatic rings. The number of thioether (sulfide) groups is 1. The van der Waals surface area contributed by atoms with Crippen LogP contribution in [0.2, 0.25) is 0 Å². The number of aliphatic hydroxyl groups is 1. The summed E-state index contributed by atoms with van der Waals surface area (Å²) in [5.74, 6) is -22.3. The molecule has 1 saturated heterocycles. The van der Waals surface area contributed by atoms with Crippen LogP contribution in [0.5, 0.6) is 5.75 Å². The number of phenolic OH excluding ortho intramolecular Hbond substituents is 1. The predicted molar refractivity (Wildman–Crippen MR) is 496 cm³/mol. The average molecular weight is 1870 g/mol. The molecular formula is C94H124N18O21S. The van der Waals surface area contributed by atoms with Crippen molar-refractivity contribution in [1.82, 2.24) is 83.9 Å². The highest BCUT2D eigenvalue weighted by atomic mass is 32.2. The van der Waals surface area contributed by atoms with Gasteiger partial charge in [-0.1, -0.05) is 189 Å². The van der Waals surface area contributed by atoms with Gasteiger partial charge in [-0.2, -0.15) is 0 Å². The number of carboxylic acid groups (broad SMARTS) is 1. The summed E-state index contributed by atoms with van der Waals surface area (Å²) < 4.78 is 0. The summed E-state index contributed by atoms with van der Waals surface area (Å²) >= 11 is 0.706. The lowest BCUT2D eigenvalue weighted by Gasteiger charge is -2.33. The standard InChI is InChI=1S/C94H124N18O21S/c1-51(2)37-65-89(128)109-80(52(3)4)92(131)107-73(48-113)91(130)108-74(82(121)98-46-76(96)116)49-134-50-78(118)100-66(38-55-21-13-10-14-22-55)83(122)102-68(41-58-31-35-62(114)36-32-58)85(124)106-72(44-79(119)120)88(127)105-70(42-61-45-97-64-28-20-19-27-63(61)64)86(125)103-67(39-56-23-15-11-16-24-56)84(123)104-69(40-57-29-33-60(34-30-57)59-25-17-12-18-26-59)90(129)110-81(53(5)6)94(133)112(9)54(7)93(132)111(8)47-77(117)99-71(43-75(95)115)87(126)101-65/h10,12-14,17-22,25-36,45,51-54,56,65-74,80-81,97,113-114H,11,15-16,23-24,37-44,46-50H2,1-9H3,(H2,95,115)(H2,96,116)(H,98,121)(H,99,117)(H,100,118)(H,101,126)(H,102,122)(H,103,125)(H,104,123)(H,105,127)(H,106,124)(H,107,131)(H,108,130)(H,109,128)(H,110,129)(H,119,120)/t54-,65-,66-,67-,68-,69-,70-,71-,72-,73-,74-,80-,81-/m0/s1. The number of amides is 17. The fourth-order valence-electron chi connectivity index (χ4n) is 15.6. The molecule has 1 saturated carbocycles. The molecule has 0 radical (unpaired) electrons. The van der Waals surface area contributed by atoms with Crippen LogP contribution in [0.25, 0.3) is 22.0 Å². The van der Waals surface area contributed by atoms with Gasteiger partial charge < -0.3 is 111 Å². The summed E-state index contributed by atoms with van der Waals surface area (Å²) in [5.41, 5.74) is 15.0. The molecule has 0 spiro atoms. The maximum Gasteiger partial charge on any atom is 0.305 e. The number of aromatic hydroxyl groups is 1. The number of hydrogen-bond acceptors (Lipinski definition) is 21. The number of aliphatic hydroxyl groups excluding tert-OH is 1. The number of aliphatic carboxylic acids is 1. The molecule has 1 aliphatic carbocycles. The minimum atomic E-state index is -2.06. The highest BCUT2D eigenvalue weighted by molar-refractivity contribution is 8.00. The second kappa shape index (κ2) is 51.3. The Hall–Kier alpha value is -13.8. The Morgan fingerprint density at radius 2 is 0.925 bits per heavy atom. The molecule has 1 aromatic heterocycles. The largest absolute Gasteiger partial charge is 0.508 e. The van der Waals surface area contributed by atoms with Crippen LogP contribution in [-0.4, -0.2) is 260 Å². The summed E-state index contributed by atoms with van der Waals surface area (Å²) in [5, 5.41) is 65.6. The number of nitrogens with one attached hydrogen (secondary N) is 14. The Balaban J connectivity index is 1.20. The van der Waals surface area contributed by atoms with Gasteiger partial charge in [-0.3, -0.25) is 86.3 Å². The van der Waals surface area contributed by atoms with Crippen LogP contribution in [0.3, 0.4) is 0 Å². The SMILES string of the molecule is CC(C)C[C@@H]1NC(=O)[C@H](CC(N)=O)NC(=O)CN(C)C(=O)[C@H](C)N(C)C(=O)[C@H](C(C)C)NC(=O)[C@H](Cc2ccc(-c3ccccc3)cc2)NC(=O)[C@H](CC2CCCCC2)NC(=O)[C@H](Cc2c[nH]c3ccccc23)NC(=O)[C@H](CC(=O)O)NC(=O)[C@H](Cc2ccc(O)cc2)NC(=O)[C@H](Cc2ccccc2)NC(=O)CSC[C@@H](C(=O)NCC(N)=O)NC(=O)[C@H](CO)NC(=O)[C@H](C(C)C)NC1=O. The zero-order valence-corrected chi connectivity index (χ0v) is 77.3. The molecule has 2 fully saturated rings. The Kier molecular flexibility index (Phi) is 40.4. The molecule has 8 rings (SSSR count).